The van der Waals surface area contributed by atoms with E-state index in [-0.39, 0.29) is 30.7 Å². The van der Waals surface area contributed by atoms with Crippen molar-refractivity contribution < 1.29 is 29.0 Å². The Labute approximate surface area is 263 Å². The maximum absolute atomic E-state index is 12.4. The molecule has 4 N–H and O–H groups in total. The van der Waals surface area contributed by atoms with Gasteiger partial charge < -0.3 is 30.2 Å². The van der Waals surface area contributed by atoms with Gasteiger partial charge in [0.05, 0.1) is 25.6 Å². The lowest BCUT2D eigenvalue weighted by Crippen LogP contribution is -2.22. The molecule has 0 aliphatic carbocycles. The molecule has 10 nitrogen and oxygen atoms in total. The fraction of sp³-hybridized carbons (Fsp3) is 0.314. The lowest BCUT2D eigenvalue weighted by molar-refractivity contribution is -0.141. The van der Waals surface area contributed by atoms with Gasteiger partial charge in [-0.2, -0.15) is 0 Å². The fourth-order valence-corrected chi connectivity index (χ4v) is 5.62. The van der Waals surface area contributed by atoms with Crippen LogP contribution in [0.3, 0.4) is 0 Å². The van der Waals surface area contributed by atoms with Crippen molar-refractivity contribution in [2.75, 3.05) is 14.2 Å². The number of aromatic amines is 1. The van der Waals surface area contributed by atoms with Crippen molar-refractivity contribution in [1.29, 1.82) is 0 Å². The average Bonchev–Trinajstić information content (AvgIpc) is 3.66. The minimum Gasteiger partial charge on any atom is -0.469 e. The molecule has 0 aromatic carbocycles. The number of esters is 2. The molecule has 0 radical (unpaired) electrons. The zero-order valence-corrected chi connectivity index (χ0v) is 26.6. The summed E-state index contributed by atoms with van der Waals surface area (Å²) in [6.07, 6.45) is 9.22. The summed E-state index contributed by atoms with van der Waals surface area (Å²) in [5.41, 5.74) is 10.6. The smallest absolute Gasteiger partial charge is 0.305 e. The molecule has 3 aliphatic rings. The highest BCUT2D eigenvalue weighted by Gasteiger charge is 2.27. The molecule has 0 bridgehead atoms. The van der Waals surface area contributed by atoms with Gasteiger partial charge in [-0.3, -0.25) is 14.4 Å². The Bertz CT molecular complexity index is 1710. The van der Waals surface area contributed by atoms with Crippen molar-refractivity contribution in [1.82, 2.24) is 15.6 Å². The predicted octanol–water partition coefficient (Wildman–Crippen LogP) is 4.78. The van der Waals surface area contributed by atoms with E-state index in [4.69, 9.17) is 14.5 Å². The number of aliphatic hydroxyl groups is 1. The number of methoxy groups -OCH3 is 2. The van der Waals surface area contributed by atoms with Crippen molar-refractivity contribution in [2.24, 2.45) is 4.99 Å². The highest BCUT2D eigenvalue weighted by Crippen LogP contribution is 2.35. The second-order valence-corrected chi connectivity index (χ2v) is 11.0. The van der Waals surface area contributed by atoms with Gasteiger partial charge in [-0.05, 0) is 92.2 Å². The van der Waals surface area contributed by atoms with Gasteiger partial charge in [-0.1, -0.05) is 25.3 Å². The largest absolute Gasteiger partial charge is 0.469 e. The van der Waals surface area contributed by atoms with Gasteiger partial charge in [0, 0.05) is 46.8 Å². The number of aromatic nitrogens is 1. The zero-order valence-electron chi connectivity index (χ0n) is 26.6. The molecule has 3 aliphatic heterocycles. The van der Waals surface area contributed by atoms with E-state index in [1.165, 1.54) is 20.3 Å². The molecule has 0 spiro atoms. The van der Waals surface area contributed by atoms with Crippen LogP contribution in [-0.4, -0.2) is 54.1 Å². The molecule has 1 aromatic heterocycles. The van der Waals surface area contributed by atoms with Gasteiger partial charge in [-0.25, -0.2) is 4.99 Å². The van der Waals surface area contributed by atoms with Gasteiger partial charge in [0.15, 0.2) is 0 Å². The first-order valence-electron chi connectivity index (χ1n) is 14.7. The fourth-order valence-electron chi connectivity index (χ4n) is 5.62. The number of aliphatic hydroxyl groups excluding tert-OH is 1. The third-order valence-corrected chi connectivity index (χ3v) is 8.43. The molecule has 0 fully saturated rings. The van der Waals surface area contributed by atoms with Gasteiger partial charge in [-0.15, -0.1) is 0 Å². The maximum atomic E-state index is 12.4. The Morgan fingerprint density at radius 3 is 2.13 bits per heavy atom. The summed E-state index contributed by atoms with van der Waals surface area (Å²) < 4.78 is 9.80. The van der Waals surface area contributed by atoms with E-state index in [0.717, 1.165) is 50.4 Å². The lowest BCUT2D eigenvalue weighted by atomic mass is 9.98. The first-order valence-corrected chi connectivity index (χ1v) is 14.7. The molecule has 4 rings (SSSR count). The summed E-state index contributed by atoms with van der Waals surface area (Å²) in [5.74, 6) is -0.877. The van der Waals surface area contributed by atoms with Crippen LogP contribution in [0.5, 0.6) is 0 Å². The molecule has 4 heterocycles. The number of nitrogens with zero attached hydrogens (tertiary/aromatic N) is 1. The van der Waals surface area contributed by atoms with Crippen molar-refractivity contribution >= 4 is 35.7 Å². The van der Waals surface area contributed by atoms with E-state index in [9.17, 15) is 19.5 Å². The average molecular weight is 613 g/mol. The van der Waals surface area contributed by atoms with Crippen LogP contribution >= 0.6 is 0 Å². The summed E-state index contributed by atoms with van der Waals surface area (Å²) in [7, 11) is 2.72. The molecule has 10 heteroatoms. The number of allylic oxidation sites excluding steroid dienone is 5. The van der Waals surface area contributed by atoms with Crippen molar-refractivity contribution in [3.05, 3.63) is 104 Å². The first-order chi connectivity index (χ1) is 21.4. The Kier molecular flexibility index (Phi) is 10.1. The van der Waals surface area contributed by atoms with Gasteiger partial charge >= 0.3 is 11.9 Å². The number of H-pyrrole nitrogens is 1. The Hall–Kier alpha value is -4.96. The van der Waals surface area contributed by atoms with Crippen LogP contribution < -0.4 is 10.6 Å². The molecule has 1 atom stereocenters. The van der Waals surface area contributed by atoms with Crippen LogP contribution in [0.4, 0.5) is 0 Å². The lowest BCUT2D eigenvalue weighted by Gasteiger charge is -2.07. The van der Waals surface area contributed by atoms with Gasteiger partial charge in [0.2, 0.25) is 0 Å². The van der Waals surface area contributed by atoms with Crippen molar-refractivity contribution in [3.63, 3.8) is 0 Å². The van der Waals surface area contributed by atoms with Crippen LogP contribution in [0.15, 0.2) is 86.9 Å². The van der Waals surface area contributed by atoms with Crippen molar-refractivity contribution in [2.45, 2.75) is 59.6 Å². The number of nitrogens with one attached hydrogen (secondary N) is 3. The highest BCUT2D eigenvalue weighted by molar-refractivity contribution is 6.13. The van der Waals surface area contributed by atoms with Crippen molar-refractivity contribution in [3.8, 4) is 0 Å². The summed E-state index contributed by atoms with van der Waals surface area (Å²) in [4.78, 5) is 45.1. The van der Waals surface area contributed by atoms with Crippen LogP contribution in [0.1, 0.15) is 62.5 Å². The van der Waals surface area contributed by atoms with Crippen LogP contribution in [-0.2, 0) is 30.3 Å². The molecule has 0 saturated heterocycles. The second kappa shape index (κ2) is 13.8. The molecular formula is C35H40N4O6. The van der Waals surface area contributed by atoms with E-state index in [1.807, 2.05) is 45.9 Å². The minimum absolute atomic E-state index is 0.168. The SMILES string of the molecule is C=CC1=C(C)/C(=C/c2[nH]c(/C=C3N=C(/C=C4\NC(O)C(C)=C4C=C)C(C)=C\3CCC(=O)OC)c(CCC(=O)OC)c2C)NC1=O. The molecule has 1 aromatic rings. The second-order valence-electron chi connectivity index (χ2n) is 11.0. The molecule has 1 unspecified atom stereocenters. The maximum Gasteiger partial charge on any atom is 0.305 e. The van der Waals surface area contributed by atoms with Gasteiger partial charge in [0.1, 0.15) is 6.23 Å². The number of hydrogen-bond acceptors (Lipinski definition) is 8. The Morgan fingerprint density at radius 1 is 0.889 bits per heavy atom. The molecule has 0 saturated carbocycles. The highest BCUT2D eigenvalue weighted by atomic mass is 16.5. The monoisotopic (exact) mass is 612 g/mol. The summed E-state index contributed by atoms with van der Waals surface area (Å²) in [5, 5.41) is 16.3. The normalized spacial score (nSPS) is 20.8. The van der Waals surface area contributed by atoms with E-state index in [2.05, 4.69) is 28.8 Å². The van der Waals surface area contributed by atoms with Crippen LogP contribution in [0, 0.1) is 6.92 Å². The quantitative estimate of drug-likeness (QED) is 0.264. The number of ether oxygens (including phenoxy) is 2. The summed E-state index contributed by atoms with van der Waals surface area (Å²) in [6, 6.07) is 0. The van der Waals surface area contributed by atoms with E-state index >= 15 is 0 Å². The molecular weight excluding hydrogens is 572 g/mol. The number of carbonyl (C=O) groups excluding carboxylic acids is 3. The number of rotatable bonds is 11. The Morgan fingerprint density at radius 2 is 1.53 bits per heavy atom. The van der Waals surface area contributed by atoms with Gasteiger partial charge in [0.25, 0.3) is 5.91 Å². The molecule has 236 valence electrons. The number of amides is 1. The molecule has 1 amide bonds. The third-order valence-electron chi connectivity index (χ3n) is 8.43. The van der Waals surface area contributed by atoms with Crippen LogP contribution in [0.2, 0.25) is 0 Å². The first kappa shape index (κ1) is 32.9. The predicted molar refractivity (Wildman–Crippen MR) is 174 cm³/mol. The number of carbonyl (C=O) groups is 3. The third kappa shape index (κ3) is 6.76. The Balaban J connectivity index is 1.84. The number of aliphatic imine (C=N–C) groups is 1. The van der Waals surface area contributed by atoms with E-state index in [0.29, 0.717) is 41.2 Å². The topological polar surface area (TPSA) is 142 Å². The minimum atomic E-state index is -0.818. The van der Waals surface area contributed by atoms with E-state index in [1.54, 1.807) is 6.08 Å². The summed E-state index contributed by atoms with van der Waals surface area (Å²) >= 11 is 0. The molecule has 45 heavy (non-hydrogen) atoms. The number of hydrogen-bond donors (Lipinski definition) is 4. The zero-order chi connectivity index (χ0) is 33.0. The van der Waals surface area contributed by atoms with Crippen LogP contribution in [0.25, 0.3) is 12.2 Å². The summed E-state index contributed by atoms with van der Waals surface area (Å²) in [6.45, 7) is 15.2. The standard InChI is InChI=1S/C35H40N4O6/c1-9-22-21(6)34(42)39-29(22)16-27-20(5)25(12-14-33(41)45-8)31(37-27)17-30-24(11-13-32(40)44-7)19(4)26(36-30)15-28-18(3)23(10-2)35(43)38-28/h9-10,15-17,34,36,39,42H,1-2,11-14H2,3-8H3,(H,38,43)/b28-15-,29-16-,31-17-. The van der Waals surface area contributed by atoms with E-state index < -0.39 is 6.23 Å².